The molecule has 110 valence electrons. The SMILES string of the molecule is Fc1cc(CNC2CC2)cc(Oc2cc(Br)ccc2Cl)c1. The van der Waals surface area contributed by atoms with E-state index in [9.17, 15) is 4.39 Å². The minimum atomic E-state index is -0.314. The first-order valence-corrected chi connectivity index (χ1v) is 7.93. The summed E-state index contributed by atoms with van der Waals surface area (Å²) in [6.07, 6.45) is 2.40. The van der Waals surface area contributed by atoms with Crippen LogP contribution < -0.4 is 10.1 Å². The Morgan fingerprint density at radius 2 is 2.05 bits per heavy atom. The molecule has 2 nitrogen and oxygen atoms in total. The Bertz CT molecular complexity index is 661. The first-order chi connectivity index (χ1) is 10.1. The molecule has 0 spiro atoms. The molecule has 2 aromatic rings. The number of hydrogen-bond acceptors (Lipinski definition) is 2. The van der Waals surface area contributed by atoms with Gasteiger partial charge in [-0.15, -0.1) is 0 Å². The highest BCUT2D eigenvalue weighted by atomic mass is 79.9. The number of halogens is 3. The number of nitrogens with one attached hydrogen (secondary N) is 1. The first-order valence-electron chi connectivity index (χ1n) is 6.76. The lowest BCUT2D eigenvalue weighted by molar-refractivity contribution is 0.475. The van der Waals surface area contributed by atoms with Crippen LogP contribution in [0.5, 0.6) is 11.5 Å². The summed E-state index contributed by atoms with van der Waals surface area (Å²) in [5, 5.41) is 3.84. The van der Waals surface area contributed by atoms with Crippen LogP contribution in [0.2, 0.25) is 5.02 Å². The molecule has 1 aliphatic carbocycles. The number of ether oxygens (including phenoxy) is 1. The van der Waals surface area contributed by atoms with E-state index < -0.39 is 0 Å². The lowest BCUT2D eigenvalue weighted by Gasteiger charge is -2.10. The summed E-state index contributed by atoms with van der Waals surface area (Å²) in [5.41, 5.74) is 0.864. The summed E-state index contributed by atoms with van der Waals surface area (Å²) in [6, 6.07) is 10.6. The zero-order chi connectivity index (χ0) is 14.8. The fourth-order valence-electron chi connectivity index (χ4n) is 2.01. The van der Waals surface area contributed by atoms with Gasteiger partial charge in [0, 0.05) is 23.1 Å². The van der Waals surface area contributed by atoms with Crippen molar-refractivity contribution in [2.75, 3.05) is 0 Å². The monoisotopic (exact) mass is 369 g/mol. The number of benzene rings is 2. The van der Waals surface area contributed by atoms with Crippen molar-refractivity contribution >= 4 is 27.5 Å². The van der Waals surface area contributed by atoms with E-state index in [0.29, 0.717) is 29.1 Å². The van der Waals surface area contributed by atoms with Crippen LogP contribution >= 0.6 is 27.5 Å². The normalized spacial score (nSPS) is 14.2. The topological polar surface area (TPSA) is 21.3 Å². The second kappa shape index (κ2) is 6.34. The van der Waals surface area contributed by atoms with Crippen LogP contribution in [0.3, 0.4) is 0 Å². The summed E-state index contributed by atoms with van der Waals surface area (Å²) in [7, 11) is 0. The van der Waals surface area contributed by atoms with Crippen molar-refractivity contribution in [3.05, 3.63) is 57.3 Å². The van der Waals surface area contributed by atoms with Crippen LogP contribution in [0, 0.1) is 5.82 Å². The van der Waals surface area contributed by atoms with Crippen LogP contribution in [0.1, 0.15) is 18.4 Å². The summed E-state index contributed by atoms with van der Waals surface area (Å²) < 4.78 is 20.3. The molecule has 0 unspecified atom stereocenters. The van der Waals surface area contributed by atoms with Crippen LogP contribution in [-0.4, -0.2) is 6.04 Å². The highest BCUT2D eigenvalue weighted by Gasteiger charge is 2.20. The number of rotatable bonds is 5. The quantitative estimate of drug-likeness (QED) is 0.772. The molecule has 0 amide bonds. The van der Waals surface area contributed by atoms with Gasteiger partial charge in [0.1, 0.15) is 17.3 Å². The van der Waals surface area contributed by atoms with Crippen LogP contribution in [0.15, 0.2) is 40.9 Å². The Balaban J connectivity index is 1.78. The van der Waals surface area contributed by atoms with Gasteiger partial charge in [0.25, 0.3) is 0 Å². The Morgan fingerprint density at radius 1 is 1.24 bits per heavy atom. The predicted octanol–water partition coefficient (Wildman–Crippen LogP) is 5.29. The molecular formula is C16H14BrClFNO. The zero-order valence-corrected chi connectivity index (χ0v) is 13.5. The summed E-state index contributed by atoms with van der Waals surface area (Å²) >= 11 is 9.45. The Hall–Kier alpha value is -1.10. The van der Waals surface area contributed by atoms with Crippen molar-refractivity contribution in [1.82, 2.24) is 5.32 Å². The van der Waals surface area contributed by atoms with E-state index in [1.54, 1.807) is 12.1 Å². The third-order valence-corrected chi connectivity index (χ3v) is 4.03. The summed E-state index contributed by atoms with van der Waals surface area (Å²) in [4.78, 5) is 0. The van der Waals surface area contributed by atoms with Crippen molar-refractivity contribution in [3.8, 4) is 11.5 Å². The maximum absolute atomic E-state index is 13.7. The number of hydrogen-bond donors (Lipinski definition) is 1. The Morgan fingerprint density at radius 3 is 2.81 bits per heavy atom. The average Bonchev–Trinajstić information content (AvgIpc) is 3.24. The van der Waals surface area contributed by atoms with Gasteiger partial charge < -0.3 is 10.1 Å². The van der Waals surface area contributed by atoms with Gasteiger partial charge >= 0.3 is 0 Å². The smallest absolute Gasteiger partial charge is 0.147 e. The average molecular weight is 371 g/mol. The molecule has 0 heterocycles. The molecule has 3 rings (SSSR count). The molecule has 0 aliphatic heterocycles. The van der Waals surface area contributed by atoms with Gasteiger partial charge in [-0.3, -0.25) is 0 Å². The van der Waals surface area contributed by atoms with Crippen molar-refractivity contribution < 1.29 is 9.13 Å². The zero-order valence-electron chi connectivity index (χ0n) is 11.2. The molecule has 0 bridgehead atoms. The van der Waals surface area contributed by atoms with E-state index in [4.69, 9.17) is 16.3 Å². The summed E-state index contributed by atoms with van der Waals surface area (Å²) in [6.45, 7) is 0.644. The van der Waals surface area contributed by atoms with E-state index in [1.165, 1.54) is 25.0 Å². The molecule has 1 saturated carbocycles. The molecular weight excluding hydrogens is 357 g/mol. The molecule has 2 aromatic carbocycles. The van der Waals surface area contributed by atoms with Gasteiger partial charge in [-0.05, 0) is 48.7 Å². The van der Waals surface area contributed by atoms with Crippen LogP contribution in [-0.2, 0) is 6.54 Å². The van der Waals surface area contributed by atoms with Gasteiger partial charge in [-0.1, -0.05) is 27.5 Å². The van der Waals surface area contributed by atoms with E-state index >= 15 is 0 Å². The van der Waals surface area contributed by atoms with Crippen molar-refractivity contribution in [3.63, 3.8) is 0 Å². The molecule has 0 atom stereocenters. The second-order valence-corrected chi connectivity index (χ2v) is 6.45. The molecule has 0 saturated heterocycles. The highest BCUT2D eigenvalue weighted by molar-refractivity contribution is 9.10. The van der Waals surface area contributed by atoms with Crippen LogP contribution in [0.4, 0.5) is 4.39 Å². The van der Waals surface area contributed by atoms with Crippen molar-refractivity contribution in [1.29, 1.82) is 0 Å². The molecule has 21 heavy (non-hydrogen) atoms. The van der Waals surface area contributed by atoms with E-state index in [2.05, 4.69) is 21.2 Å². The van der Waals surface area contributed by atoms with Crippen molar-refractivity contribution in [2.45, 2.75) is 25.4 Å². The maximum Gasteiger partial charge on any atom is 0.147 e. The Labute approximate surface area is 136 Å². The van der Waals surface area contributed by atoms with Crippen LogP contribution in [0.25, 0.3) is 0 Å². The molecule has 1 fully saturated rings. The lowest BCUT2D eigenvalue weighted by atomic mass is 10.2. The van der Waals surface area contributed by atoms with Gasteiger partial charge in [0.15, 0.2) is 0 Å². The van der Waals surface area contributed by atoms with Gasteiger partial charge in [-0.2, -0.15) is 0 Å². The third kappa shape index (κ3) is 4.19. The third-order valence-electron chi connectivity index (χ3n) is 3.22. The minimum Gasteiger partial charge on any atom is -0.456 e. The molecule has 0 radical (unpaired) electrons. The van der Waals surface area contributed by atoms with Crippen molar-refractivity contribution in [2.24, 2.45) is 0 Å². The Kier molecular flexibility index (Phi) is 4.48. The largest absolute Gasteiger partial charge is 0.456 e. The van der Waals surface area contributed by atoms with E-state index in [0.717, 1.165) is 10.0 Å². The van der Waals surface area contributed by atoms with Gasteiger partial charge in [0.2, 0.25) is 0 Å². The summed E-state index contributed by atoms with van der Waals surface area (Å²) in [5.74, 6) is 0.631. The van der Waals surface area contributed by atoms with Gasteiger partial charge in [0.05, 0.1) is 5.02 Å². The fourth-order valence-corrected chi connectivity index (χ4v) is 2.51. The van der Waals surface area contributed by atoms with E-state index in [-0.39, 0.29) is 5.82 Å². The van der Waals surface area contributed by atoms with E-state index in [1.807, 2.05) is 12.1 Å². The minimum absolute atomic E-state index is 0.314. The molecule has 1 N–H and O–H groups in total. The first kappa shape index (κ1) is 14.8. The highest BCUT2D eigenvalue weighted by Crippen LogP contribution is 2.32. The molecule has 1 aliphatic rings. The standard InChI is InChI=1S/C16H14BrClFNO/c17-11-1-4-15(18)16(7-11)21-14-6-10(5-12(19)8-14)9-20-13-2-3-13/h1,4-8,13,20H,2-3,9H2. The fraction of sp³-hybridized carbons (Fsp3) is 0.250. The van der Waals surface area contributed by atoms with Gasteiger partial charge in [-0.25, -0.2) is 4.39 Å². The molecule has 0 aromatic heterocycles. The maximum atomic E-state index is 13.7. The second-order valence-electron chi connectivity index (χ2n) is 5.13. The molecule has 5 heteroatoms. The predicted molar refractivity (Wildman–Crippen MR) is 85.5 cm³/mol. The lowest BCUT2D eigenvalue weighted by Crippen LogP contribution is -2.15.